The van der Waals surface area contributed by atoms with Crippen LogP contribution in [0.15, 0.2) is 24.8 Å². The Morgan fingerprint density at radius 1 is 1.53 bits per heavy atom. The van der Waals surface area contributed by atoms with Gasteiger partial charge in [0.1, 0.15) is 6.33 Å². The lowest BCUT2D eigenvalue weighted by Crippen LogP contribution is -2.23. The highest BCUT2D eigenvalue weighted by Gasteiger charge is 2.21. The van der Waals surface area contributed by atoms with E-state index in [1.165, 1.54) is 6.33 Å². The maximum atomic E-state index is 6.24. The molecule has 19 heavy (non-hydrogen) atoms. The lowest BCUT2D eigenvalue weighted by molar-refractivity contribution is 0.182. The third-order valence-electron chi connectivity index (χ3n) is 2.80. The monoisotopic (exact) mass is 281 g/mol. The zero-order valence-electron chi connectivity index (χ0n) is 10.9. The lowest BCUT2D eigenvalue weighted by atomic mass is 10.1. The molecule has 0 aliphatic heterocycles. The Kier molecular flexibility index (Phi) is 4.84. The van der Waals surface area contributed by atoms with E-state index in [-0.39, 0.29) is 6.04 Å². The summed E-state index contributed by atoms with van der Waals surface area (Å²) in [6, 6.07) is 1.72. The molecule has 0 amide bonds. The van der Waals surface area contributed by atoms with E-state index in [0.717, 1.165) is 11.4 Å². The minimum Gasteiger partial charge on any atom is -0.383 e. The molecule has 0 saturated carbocycles. The van der Waals surface area contributed by atoms with E-state index >= 15 is 0 Å². The molecule has 2 aromatic rings. The first-order valence-corrected chi connectivity index (χ1v) is 6.29. The maximum Gasteiger partial charge on any atom is 0.115 e. The van der Waals surface area contributed by atoms with Crippen molar-refractivity contribution < 1.29 is 4.74 Å². The summed E-state index contributed by atoms with van der Waals surface area (Å²) in [5.41, 5.74) is 1.72. The SMILES string of the molecule is CNC(c1ccncn1)c1c(Cl)cnn1CCOC. The van der Waals surface area contributed by atoms with Crippen molar-refractivity contribution in [2.75, 3.05) is 20.8 Å². The average Bonchev–Trinajstić information content (AvgIpc) is 2.80. The first-order valence-electron chi connectivity index (χ1n) is 5.91. The molecule has 2 aromatic heterocycles. The van der Waals surface area contributed by atoms with Crippen LogP contribution in [0.5, 0.6) is 0 Å². The first-order chi connectivity index (χ1) is 9.27. The molecule has 7 heteroatoms. The van der Waals surface area contributed by atoms with Gasteiger partial charge in [-0.2, -0.15) is 5.10 Å². The fourth-order valence-corrected chi connectivity index (χ4v) is 2.16. The molecule has 102 valence electrons. The van der Waals surface area contributed by atoms with Gasteiger partial charge >= 0.3 is 0 Å². The number of aromatic nitrogens is 4. The van der Waals surface area contributed by atoms with E-state index in [1.54, 1.807) is 19.5 Å². The third kappa shape index (κ3) is 3.09. The Bertz CT molecular complexity index is 516. The molecule has 0 spiro atoms. The molecular formula is C12H16ClN5O. The van der Waals surface area contributed by atoms with Crippen LogP contribution in [0.3, 0.4) is 0 Å². The van der Waals surface area contributed by atoms with Gasteiger partial charge in [-0.1, -0.05) is 11.6 Å². The number of nitrogens with one attached hydrogen (secondary N) is 1. The van der Waals surface area contributed by atoms with Crippen molar-refractivity contribution in [3.63, 3.8) is 0 Å². The fourth-order valence-electron chi connectivity index (χ4n) is 1.91. The highest BCUT2D eigenvalue weighted by Crippen LogP contribution is 2.26. The Morgan fingerprint density at radius 2 is 2.37 bits per heavy atom. The summed E-state index contributed by atoms with van der Waals surface area (Å²) in [5.74, 6) is 0. The largest absolute Gasteiger partial charge is 0.383 e. The number of hydrogen-bond donors (Lipinski definition) is 1. The van der Waals surface area contributed by atoms with Crippen LogP contribution in [0.25, 0.3) is 0 Å². The molecule has 0 radical (unpaired) electrons. The van der Waals surface area contributed by atoms with Crippen molar-refractivity contribution in [1.82, 2.24) is 25.1 Å². The van der Waals surface area contributed by atoms with Crippen LogP contribution in [0.4, 0.5) is 0 Å². The Balaban J connectivity index is 2.35. The molecule has 6 nitrogen and oxygen atoms in total. The normalized spacial score (nSPS) is 12.6. The predicted molar refractivity (Wildman–Crippen MR) is 72.0 cm³/mol. The first kappa shape index (κ1) is 13.9. The van der Waals surface area contributed by atoms with Gasteiger partial charge in [-0.3, -0.25) is 4.68 Å². The molecule has 2 heterocycles. The Hall–Kier alpha value is -1.50. The second-order valence-electron chi connectivity index (χ2n) is 3.95. The fraction of sp³-hybridized carbons (Fsp3) is 0.417. The van der Waals surface area contributed by atoms with Crippen molar-refractivity contribution in [3.05, 3.63) is 41.2 Å². The summed E-state index contributed by atoms with van der Waals surface area (Å²) < 4.78 is 6.91. The molecule has 0 fully saturated rings. The van der Waals surface area contributed by atoms with Crippen LogP contribution < -0.4 is 5.32 Å². The minimum absolute atomic E-state index is 0.130. The summed E-state index contributed by atoms with van der Waals surface area (Å²) in [6.45, 7) is 1.22. The van der Waals surface area contributed by atoms with Gasteiger partial charge in [0.2, 0.25) is 0 Å². The van der Waals surface area contributed by atoms with Gasteiger partial charge in [-0.15, -0.1) is 0 Å². The smallest absolute Gasteiger partial charge is 0.115 e. The molecular weight excluding hydrogens is 266 g/mol. The highest BCUT2D eigenvalue weighted by molar-refractivity contribution is 6.31. The molecule has 1 atom stereocenters. The van der Waals surface area contributed by atoms with Crippen LogP contribution in [0, 0.1) is 0 Å². The van der Waals surface area contributed by atoms with Crippen molar-refractivity contribution in [3.8, 4) is 0 Å². The molecule has 1 unspecified atom stereocenters. The standard InChI is InChI=1S/C12H16ClN5O/c1-14-11(10-3-4-15-8-16-10)12-9(13)7-17-18(12)5-6-19-2/h3-4,7-8,11,14H,5-6H2,1-2H3. The molecule has 0 saturated heterocycles. The molecule has 0 aromatic carbocycles. The second kappa shape index (κ2) is 6.60. The third-order valence-corrected chi connectivity index (χ3v) is 3.09. The van der Waals surface area contributed by atoms with Crippen LogP contribution in [0.1, 0.15) is 17.4 Å². The van der Waals surface area contributed by atoms with E-state index in [1.807, 2.05) is 17.8 Å². The lowest BCUT2D eigenvalue weighted by Gasteiger charge is -2.18. The molecule has 0 aliphatic carbocycles. The van der Waals surface area contributed by atoms with Gasteiger partial charge in [0.25, 0.3) is 0 Å². The molecule has 0 bridgehead atoms. The zero-order valence-corrected chi connectivity index (χ0v) is 11.6. The van der Waals surface area contributed by atoms with Gasteiger partial charge in [0.15, 0.2) is 0 Å². The summed E-state index contributed by atoms with van der Waals surface area (Å²) in [5, 5.41) is 8.08. The van der Waals surface area contributed by atoms with Crippen molar-refractivity contribution >= 4 is 11.6 Å². The average molecular weight is 282 g/mol. The van der Waals surface area contributed by atoms with Crippen LogP contribution in [-0.4, -0.2) is 40.5 Å². The summed E-state index contributed by atoms with van der Waals surface area (Å²) in [6.07, 6.45) is 4.86. The van der Waals surface area contributed by atoms with Crippen LogP contribution in [-0.2, 0) is 11.3 Å². The van der Waals surface area contributed by atoms with Gasteiger partial charge < -0.3 is 10.1 Å². The summed E-state index contributed by atoms with van der Waals surface area (Å²) in [4.78, 5) is 8.19. The van der Waals surface area contributed by atoms with E-state index < -0.39 is 0 Å². The van der Waals surface area contributed by atoms with E-state index in [9.17, 15) is 0 Å². The molecule has 1 N–H and O–H groups in total. The maximum absolute atomic E-state index is 6.24. The second-order valence-corrected chi connectivity index (χ2v) is 4.36. The van der Waals surface area contributed by atoms with Crippen LogP contribution in [0.2, 0.25) is 5.02 Å². The minimum atomic E-state index is -0.130. The van der Waals surface area contributed by atoms with Gasteiger partial charge in [0, 0.05) is 13.3 Å². The number of nitrogens with zero attached hydrogens (tertiary/aromatic N) is 4. The predicted octanol–water partition coefficient (Wildman–Crippen LogP) is 1.28. The van der Waals surface area contributed by atoms with E-state index in [0.29, 0.717) is 18.2 Å². The Labute approximate surface area is 116 Å². The number of methoxy groups -OCH3 is 1. The molecule has 2 rings (SSSR count). The van der Waals surface area contributed by atoms with Crippen molar-refractivity contribution in [2.45, 2.75) is 12.6 Å². The topological polar surface area (TPSA) is 64.9 Å². The number of ether oxygens (including phenoxy) is 1. The number of hydrogen-bond acceptors (Lipinski definition) is 5. The van der Waals surface area contributed by atoms with Gasteiger partial charge in [-0.05, 0) is 13.1 Å². The summed E-state index contributed by atoms with van der Waals surface area (Å²) in [7, 11) is 3.52. The van der Waals surface area contributed by atoms with Gasteiger partial charge in [0.05, 0.1) is 41.8 Å². The Morgan fingerprint density at radius 3 is 3.00 bits per heavy atom. The highest BCUT2D eigenvalue weighted by atomic mass is 35.5. The van der Waals surface area contributed by atoms with E-state index in [2.05, 4.69) is 20.4 Å². The van der Waals surface area contributed by atoms with Crippen LogP contribution >= 0.6 is 11.6 Å². The van der Waals surface area contributed by atoms with Crippen molar-refractivity contribution in [1.29, 1.82) is 0 Å². The molecule has 0 aliphatic rings. The van der Waals surface area contributed by atoms with Crippen molar-refractivity contribution in [2.24, 2.45) is 0 Å². The number of rotatable bonds is 6. The van der Waals surface area contributed by atoms with Gasteiger partial charge in [-0.25, -0.2) is 9.97 Å². The quantitative estimate of drug-likeness (QED) is 0.864. The summed E-state index contributed by atoms with van der Waals surface area (Å²) >= 11 is 6.24. The number of halogens is 1. The van der Waals surface area contributed by atoms with E-state index in [4.69, 9.17) is 16.3 Å². The zero-order chi connectivity index (χ0) is 13.7.